The Labute approximate surface area is 108 Å². The molecule has 0 saturated heterocycles. The van der Waals surface area contributed by atoms with Crippen molar-refractivity contribution in [2.45, 2.75) is 51.9 Å². The summed E-state index contributed by atoms with van der Waals surface area (Å²) in [4.78, 5) is 13.4. The number of ketones is 1. The van der Waals surface area contributed by atoms with Crippen LogP contribution in [0.3, 0.4) is 0 Å². The van der Waals surface area contributed by atoms with Crippen LogP contribution in [-0.4, -0.2) is 5.78 Å². The van der Waals surface area contributed by atoms with E-state index in [1.807, 2.05) is 6.07 Å². The molecule has 1 saturated carbocycles. The predicted octanol–water partition coefficient (Wildman–Crippen LogP) is 4.47. The fraction of sp³-hybridized carbons (Fsp3) is 0.667. The zero-order valence-electron chi connectivity index (χ0n) is 10.7. The lowest BCUT2D eigenvalue weighted by atomic mass is 9.78. The van der Waals surface area contributed by atoms with Gasteiger partial charge in [-0.3, -0.25) is 4.79 Å². The van der Waals surface area contributed by atoms with Crippen LogP contribution < -0.4 is 0 Å². The van der Waals surface area contributed by atoms with E-state index in [0.717, 1.165) is 18.8 Å². The van der Waals surface area contributed by atoms with E-state index in [9.17, 15) is 4.79 Å². The van der Waals surface area contributed by atoms with Crippen molar-refractivity contribution in [2.24, 2.45) is 11.8 Å². The minimum atomic E-state index is 0.352. The third-order valence-electron chi connectivity index (χ3n) is 3.93. The average Bonchev–Trinajstić information content (AvgIpc) is 2.83. The van der Waals surface area contributed by atoms with Crippen LogP contribution in [0.15, 0.2) is 17.5 Å². The number of carbonyl (C=O) groups excluding carboxylic acids is 1. The number of Topliss-reactive ketones (excluding diaryl/α,β-unsaturated/α-hetero) is 1. The zero-order chi connectivity index (χ0) is 12.1. The smallest absolute Gasteiger partial charge is 0.141 e. The molecule has 0 atom stereocenters. The van der Waals surface area contributed by atoms with Crippen LogP contribution in [0.5, 0.6) is 0 Å². The molecule has 0 amide bonds. The fourth-order valence-electron chi connectivity index (χ4n) is 2.91. The highest BCUT2D eigenvalue weighted by Gasteiger charge is 2.25. The molecule has 17 heavy (non-hydrogen) atoms. The Morgan fingerprint density at radius 3 is 2.71 bits per heavy atom. The molecule has 1 aromatic heterocycles. The van der Waals surface area contributed by atoms with Gasteiger partial charge in [-0.1, -0.05) is 25.8 Å². The third kappa shape index (κ3) is 3.67. The van der Waals surface area contributed by atoms with Gasteiger partial charge in [0.15, 0.2) is 0 Å². The Kier molecular flexibility index (Phi) is 4.78. The van der Waals surface area contributed by atoms with Crippen molar-refractivity contribution < 1.29 is 4.79 Å². The summed E-state index contributed by atoms with van der Waals surface area (Å²) >= 11 is 1.70. The van der Waals surface area contributed by atoms with Gasteiger partial charge in [0.25, 0.3) is 0 Å². The molecule has 0 bridgehead atoms. The van der Waals surface area contributed by atoms with Crippen molar-refractivity contribution in [3.8, 4) is 0 Å². The average molecular weight is 250 g/mol. The third-order valence-corrected chi connectivity index (χ3v) is 4.80. The van der Waals surface area contributed by atoms with E-state index >= 15 is 0 Å². The van der Waals surface area contributed by atoms with E-state index in [4.69, 9.17) is 0 Å². The molecule has 0 aliphatic heterocycles. The van der Waals surface area contributed by atoms with E-state index in [-0.39, 0.29) is 0 Å². The van der Waals surface area contributed by atoms with Crippen LogP contribution in [0.25, 0.3) is 0 Å². The standard InChI is InChI=1S/C15H22OS/c1-2-4-12-6-8-13(9-7-12)15(16)11-14-5-3-10-17-14/h3,5,10,12-13H,2,4,6-9,11H2,1H3. The Morgan fingerprint density at radius 2 is 2.12 bits per heavy atom. The van der Waals surface area contributed by atoms with Crippen molar-refractivity contribution in [3.63, 3.8) is 0 Å². The first-order chi connectivity index (χ1) is 8.29. The number of hydrogen-bond donors (Lipinski definition) is 0. The van der Waals surface area contributed by atoms with Crippen molar-refractivity contribution >= 4 is 17.1 Å². The molecule has 2 heteroatoms. The van der Waals surface area contributed by atoms with E-state index in [2.05, 4.69) is 18.4 Å². The minimum absolute atomic E-state index is 0.352. The first kappa shape index (κ1) is 12.8. The second-order valence-electron chi connectivity index (χ2n) is 5.23. The van der Waals surface area contributed by atoms with Gasteiger partial charge in [-0.2, -0.15) is 0 Å². The second-order valence-corrected chi connectivity index (χ2v) is 6.26. The van der Waals surface area contributed by atoms with Gasteiger partial charge >= 0.3 is 0 Å². The lowest BCUT2D eigenvalue weighted by Crippen LogP contribution is -2.23. The van der Waals surface area contributed by atoms with Gasteiger partial charge in [-0.05, 0) is 43.0 Å². The van der Waals surface area contributed by atoms with Gasteiger partial charge in [0.05, 0.1) is 0 Å². The van der Waals surface area contributed by atoms with Crippen molar-refractivity contribution in [1.82, 2.24) is 0 Å². The lowest BCUT2D eigenvalue weighted by molar-refractivity contribution is -0.123. The van der Waals surface area contributed by atoms with Crippen LogP contribution in [0.4, 0.5) is 0 Å². The van der Waals surface area contributed by atoms with Gasteiger partial charge in [0, 0.05) is 17.2 Å². The Hall–Kier alpha value is -0.630. The topological polar surface area (TPSA) is 17.1 Å². The molecule has 1 heterocycles. The highest BCUT2D eigenvalue weighted by atomic mass is 32.1. The van der Waals surface area contributed by atoms with E-state index < -0.39 is 0 Å². The van der Waals surface area contributed by atoms with Gasteiger partial charge in [0.2, 0.25) is 0 Å². The van der Waals surface area contributed by atoms with Crippen LogP contribution in [-0.2, 0) is 11.2 Å². The van der Waals surface area contributed by atoms with Gasteiger partial charge in [-0.25, -0.2) is 0 Å². The zero-order valence-corrected chi connectivity index (χ0v) is 11.5. The molecular weight excluding hydrogens is 228 g/mol. The maximum atomic E-state index is 12.1. The molecule has 1 aliphatic carbocycles. The van der Waals surface area contributed by atoms with Crippen molar-refractivity contribution in [1.29, 1.82) is 0 Å². The number of hydrogen-bond acceptors (Lipinski definition) is 2. The highest BCUT2D eigenvalue weighted by Crippen LogP contribution is 2.32. The summed E-state index contributed by atoms with van der Waals surface area (Å²) in [5.74, 6) is 1.72. The summed E-state index contributed by atoms with van der Waals surface area (Å²) in [5, 5.41) is 2.06. The first-order valence-electron chi connectivity index (χ1n) is 6.84. The highest BCUT2D eigenvalue weighted by molar-refractivity contribution is 7.10. The van der Waals surface area contributed by atoms with Crippen LogP contribution in [0, 0.1) is 11.8 Å². The SMILES string of the molecule is CCCC1CCC(C(=O)Cc2cccs2)CC1. The van der Waals surface area contributed by atoms with E-state index in [0.29, 0.717) is 18.1 Å². The number of carbonyl (C=O) groups is 1. The van der Waals surface area contributed by atoms with Gasteiger partial charge < -0.3 is 0 Å². The molecule has 1 aromatic rings. The second kappa shape index (κ2) is 6.34. The van der Waals surface area contributed by atoms with Crippen molar-refractivity contribution in [2.75, 3.05) is 0 Å². The summed E-state index contributed by atoms with van der Waals surface area (Å²) in [7, 11) is 0. The maximum absolute atomic E-state index is 12.1. The molecule has 0 aromatic carbocycles. The Morgan fingerprint density at radius 1 is 1.35 bits per heavy atom. The molecule has 1 fully saturated rings. The number of thiophene rings is 1. The minimum Gasteiger partial charge on any atom is -0.299 e. The molecule has 1 nitrogen and oxygen atoms in total. The van der Waals surface area contributed by atoms with Crippen LogP contribution in [0.2, 0.25) is 0 Å². The molecule has 0 radical (unpaired) electrons. The summed E-state index contributed by atoms with van der Waals surface area (Å²) in [5.41, 5.74) is 0. The Bertz CT molecular complexity index is 334. The quantitative estimate of drug-likeness (QED) is 0.753. The van der Waals surface area contributed by atoms with Crippen LogP contribution in [0.1, 0.15) is 50.3 Å². The van der Waals surface area contributed by atoms with E-state index in [1.54, 1.807) is 11.3 Å². The van der Waals surface area contributed by atoms with Crippen molar-refractivity contribution in [3.05, 3.63) is 22.4 Å². The lowest BCUT2D eigenvalue weighted by Gasteiger charge is -2.27. The molecule has 1 aliphatic rings. The largest absolute Gasteiger partial charge is 0.299 e. The van der Waals surface area contributed by atoms with Crippen LogP contribution >= 0.6 is 11.3 Å². The molecule has 0 unspecified atom stereocenters. The maximum Gasteiger partial charge on any atom is 0.141 e. The summed E-state index contributed by atoms with van der Waals surface area (Å²) in [6.07, 6.45) is 8.12. The molecule has 0 N–H and O–H groups in total. The summed E-state index contributed by atoms with van der Waals surface area (Å²) in [6.45, 7) is 2.26. The number of rotatable bonds is 5. The van der Waals surface area contributed by atoms with Gasteiger partial charge in [0.1, 0.15) is 5.78 Å². The molecule has 94 valence electrons. The molecule has 2 rings (SSSR count). The molecular formula is C15H22OS. The fourth-order valence-corrected chi connectivity index (χ4v) is 3.63. The van der Waals surface area contributed by atoms with E-state index in [1.165, 1.54) is 30.6 Å². The summed E-state index contributed by atoms with van der Waals surface area (Å²) in [6, 6.07) is 4.11. The first-order valence-corrected chi connectivity index (χ1v) is 7.72. The van der Waals surface area contributed by atoms with Gasteiger partial charge in [-0.15, -0.1) is 11.3 Å². The Balaban J connectivity index is 1.78. The summed E-state index contributed by atoms with van der Waals surface area (Å²) < 4.78 is 0. The normalized spacial score (nSPS) is 24.8. The monoisotopic (exact) mass is 250 g/mol. The predicted molar refractivity (Wildman–Crippen MR) is 73.4 cm³/mol. The molecule has 0 spiro atoms.